The molecule has 11 atom stereocenters. The standard InChI is InChI=1S/C59H73F5N10O8/c1-30-23-34(13-14-38(30)60)33-17-21-71(22-18-33)53-41(63)24-35(25-42(53)64)74-46(36-26-43-44(28-39(36)61)66-54(65-43)48-11-9-19-72(48)56(75)51(31(2)79-5)68-58(77)81-7)15-16-47(74)37-27-50-45(29-40(37)62)67-55(70(50)4)49-12-10-20-73(49)57(76)52(32(3)80-6)69-59(78)82-8/h13-14,23-33,38,46-49,51-52,55,67H,9-12,15-22H2,1-8H3,(H,65,66)(H,68,77)(H,69,78)/t30?,31-,32-,38?,46-,47-,48?,49+,51+,52+,55?/m1/s1. The van der Waals surface area contributed by atoms with Crippen molar-refractivity contribution in [2.75, 3.05) is 81.7 Å². The number of benzene rings is 3. The van der Waals surface area contributed by atoms with Crippen molar-refractivity contribution >= 4 is 57.8 Å². The normalized spacial score (nSPS) is 25.2. The molecule has 4 fully saturated rings. The second-order valence-electron chi connectivity index (χ2n) is 22.5. The van der Waals surface area contributed by atoms with Crippen LogP contribution in [0.5, 0.6) is 0 Å². The van der Waals surface area contributed by atoms with Crippen LogP contribution in [0.1, 0.15) is 107 Å². The number of nitrogens with zero attached hydrogens (tertiary/aromatic N) is 6. The summed E-state index contributed by atoms with van der Waals surface area (Å²) in [5, 5.41) is 8.63. The lowest BCUT2D eigenvalue weighted by Gasteiger charge is -2.37. The molecule has 4 unspecified atom stereocenters. The van der Waals surface area contributed by atoms with Gasteiger partial charge in [0.2, 0.25) is 11.8 Å². The number of fused-ring (bicyclic) bond motifs is 2. The van der Waals surface area contributed by atoms with Crippen LogP contribution < -0.4 is 30.7 Å². The van der Waals surface area contributed by atoms with Crippen LogP contribution in [0, 0.1) is 35.1 Å². The minimum absolute atomic E-state index is 0.0727. The Morgan fingerprint density at radius 1 is 0.707 bits per heavy atom. The van der Waals surface area contributed by atoms with Gasteiger partial charge in [-0.2, -0.15) is 0 Å². The second-order valence-corrected chi connectivity index (χ2v) is 22.5. The predicted octanol–water partition coefficient (Wildman–Crippen LogP) is 9.25. The largest absolute Gasteiger partial charge is 0.453 e. The molecule has 5 aliphatic heterocycles. The lowest BCUT2D eigenvalue weighted by molar-refractivity contribution is -0.138. The Kier molecular flexibility index (Phi) is 17.0. The minimum atomic E-state index is -1.08. The van der Waals surface area contributed by atoms with Crippen molar-refractivity contribution in [1.82, 2.24) is 30.4 Å². The van der Waals surface area contributed by atoms with Gasteiger partial charge in [0.25, 0.3) is 0 Å². The number of hydrogen-bond acceptors (Lipinski definition) is 13. The molecule has 0 saturated carbocycles. The molecule has 0 bridgehead atoms. The Bertz CT molecular complexity index is 3110. The van der Waals surface area contributed by atoms with Gasteiger partial charge in [0, 0.05) is 76.2 Å². The number of aromatic amines is 1. The summed E-state index contributed by atoms with van der Waals surface area (Å²) in [7, 11) is 7.10. The summed E-state index contributed by atoms with van der Waals surface area (Å²) >= 11 is 0. The van der Waals surface area contributed by atoms with Gasteiger partial charge in [-0.1, -0.05) is 19.1 Å². The maximum Gasteiger partial charge on any atom is 0.407 e. The molecule has 4 aromatic rings. The van der Waals surface area contributed by atoms with Crippen molar-refractivity contribution in [3.8, 4) is 0 Å². The average Bonchev–Trinajstić information content (AvgIpc) is 3.96. The van der Waals surface area contributed by atoms with Crippen LogP contribution >= 0.6 is 0 Å². The summed E-state index contributed by atoms with van der Waals surface area (Å²) in [6.45, 7) is 6.59. The Labute approximate surface area is 473 Å². The van der Waals surface area contributed by atoms with Crippen LogP contribution in [0.25, 0.3) is 11.0 Å². The van der Waals surface area contributed by atoms with Gasteiger partial charge in [-0.25, -0.2) is 36.5 Å². The fraction of sp³-hybridized carbons (Fsp3) is 0.542. The first-order chi connectivity index (χ1) is 39.3. The molecule has 0 spiro atoms. The molecule has 23 heteroatoms. The quantitative estimate of drug-likeness (QED) is 0.0827. The Balaban J connectivity index is 0.978. The molecule has 1 aromatic heterocycles. The van der Waals surface area contributed by atoms with Gasteiger partial charge >= 0.3 is 12.2 Å². The number of aromatic nitrogens is 2. The number of allylic oxidation sites excluding steroid dienone is 4. The highest BCUT2D eigenvalue weighted by molar-refractivity contribution is 5.88. The fourth-order valence-electron chi connectivity index (χ4n) is 13.3. The third-order valence-corrected chi connectivity index (χ3v) is 17.9. The van der Waals surface area contributed by atoms with Gasteiger partial charge in [-0.05, 0) is 113 Å². The van der Waals surface area contributed by atoms with Crippen LogP contribution in [0.4, 0.5) is 54.3 Å². The van der Waals surface area contributed by atoms with Gasteiger partial charge in [0.1, 0.15) is 47.6 Å². The van der Waals surface area contributed by atoms with Crippen molar-refractivity contribution < 1.29 is 60.1 Å². The number of alkyl halides is 1. The number of H-pyrrole nitrogens is 1. The van der Waals surface area contributed by atoms with E-state index in [-0.39, 0.29) is 58.6 Å². The van der Waals surface area contributed by atoms with E-state index in [0.717, 1.165) is 5.57 Å². The number of rotatable bonds is 15. The average molecular weight is 1150 g/mol. The maximum absolute atomic E-state index is 17.2. The number of carbonyl (C=O) groups excluding carboxylic acids is 4. The molecule has 6 heterocycles. The van der Waals surface area contributed by atoms with Crippen molar-refractivity contribution in [3.63, 3.8) is 0 Å². The highest BCUT2D eigenvalue weighted by Crippen LogP contribution is 2.52. The zero-order chi connectivity index (χ0) is 58.4. The van der Waals surface area contributed by atoms with Crippen LogP contribution in [0.15, 0.2) is 60.2 Å². The van der Waals surface area contributed by atoms with Crippen LogP contribution in [-0.2, 0) is 28.5 Å². The minimum Gasteiger partial charge on any atom is -0.453 e. The number of anilines is 4. The predicted molar refractivity (Wildman–Crippen MR) is 298 cm³/mol. The lowest BCUT2D eigenvalue weighted by atomic mass is 9.83. The third kappa shape index (κ3) is 11.0. The van der Waals surface area contributed by atoms with E-state index in [1.807, 2.05) is 31.0 Å². The van der Waals surface area contributed by atoms with E-state index in [1.165, 1.54) is 52.7 Å². The van der Waals surface area contributed by atoms with Crippen molar-refractivity contribution in [2.24, 2.45) is 11.8 Å². The number of likely N-dealkylation sites (tertiary alicyclic amines) is 2. The number of likely N-dealkylation sites (N-methyl/N-ethyl adjacent to an activating group) is 1. The number of methoxy groups -OCH3 is 4. The summed E-state index contributed by atoms with van der Waals surface area (Å²) in [6.07, 6.45) is 4.80. The third-order valence-electron chi connectivity index (χ3n) is 17.9. The molecule has 4 amide bonds. The summed E-state index contributed by atoms with van der Waals surface area (Å²) < 4.78 is 103. The molecule has 6 aliphatic rings. The SMILES string of the molecule is COC(=O)N[C@H](C(=O)N1CCCC1c1nc2cc(F)c([C@H]3CC[C@H](c4cc5c(cc4F)NC([C@@H]4CCCN4C(=O)[C@@H](NC(=O)OC)[C@@H](C)OC)N5C)N3c3cc(F)c(N4CCC(C5=CC(C)C(F)C=C5)CC4)c(F)c3)cc2[nH]1)[C@@H](C)OC. The molecule has 1 aliphatic carbocycles. The number of carbonyl (C=O) groups is 4. The van der Waals surface area contributed by atoms with Gasteiger partial charge in [-0.3, -0.25) is 9.59 Å². The van der Waals surface area contributed by atoms with E-state index in [0.29, 0.717) is 87.4 Å². The fourth-order valence-corrected chi connectivity index (χ4v) is 13.3. The number of amides is 4. The highest BCUT2D eigenvalue weighted by Gasteiger charge is 2.46. The number of halogens is 5. The van der Waals surface area contributed by atoms with E-state index in [4.69, 9.17) is 23.9 Å². The highest BCUT2D eigenvalue weighted by atomic mass is 19.1. The second kappa shape index (κ2) is 24.0. The zero-order valence-corrected chi connectivity index (χ0v) is 47.4. The maximum atomic E-state index is 17.2. The zero-order valence-electron chi connectivity index (χ0n) is 47.4. The van der Waals surface area contributed by atoms with E-state index >= 15 is 17.6 Å². The van der Waals surface area contributed by atoms with E-state index in [2.05, 4.69) is 20.9 Å². The smallest absolute Gasteiger partial charge is 0.407 e. The van der Waals surface area contributed by atoms with Gasteiger partial charge in [0.05, 0.1) is 73.0 Å². The Morgan fingerprint density at radius 3 is 1.90 bits per heavy atom. The number of imidazole rings is 1. The first-order valence-corrected chi connectivity index (χ1v) is 28.3. The first-order valence-electron chi connectivity index (χ1n) is 28.3. The number of alkyl carbamates (subject to hydrolysis) is 2. The van der Waals surface area contributed by atoms with Crippen LogP contribution in [0.3, 0.4) is 0 Å². The first kappa shape index (κ1) is 58.1. The molecule has 442 valence electrons. The van der Waals surface area contributed by atoms with Crippen LogP contribution in [-0.4, -0.2) is 148 Å². The number of hydrogen-bond donors (Lipinski definition) is 4. The molecule has 0 radical (unpaired) electrons. The molecule has 3 aromatic carbocycles. The number of ether oxygens (including phenoxy) is 4. The van der Waals surface area contributed by atoms with E-state index < -0.39 is 102 Å². The number of piperidine rings is 1. The van der Waals surface area contributed by atoms with Crippen molar-refractivity contribution in [2.45, 2.75) is 133 Å². The number of nitrogens with one attached hydrogen (secondary N) is 4. The van der Waals surface area contributed by atoms with Crippen molar-refractivity contribution in [1.29, 1.82) is 0 Å². The summed E-state index contributed by atoms with van der Waals surface area (Å²) in [6, 6.07) is 3.59. The summed E-state index contributed by atoms with van der Waals surface area (Å²) in [4.78, 5) is 69.7. The molecule has 10 rings (SSSR count). The van der Waals surface area contributed by atoms with Crippen LogP contribution in [0.2, 0.25) is 0 Å². The molecule has 4 N–H and O–H groups in total. The summed E-state index contributed by atoms with van der Waals surface area (Å²) in [5.74, 6) is -3.50. The van der Waals surface area contributed by atoms with E-state index in [1.54, 1.807) is 51.7 Å². The van der Waals surface area contributed by atoms with E-state index in [9.17, 15) is 23.6 Å². The molecule has 4 saturated heterocycles. The molecule has 82 heavy (non-hydrogen) atoms. The van der Waals surface area contributed by atoms with Gasteiger partial charge < -0.3 is 64.4 Å². The molecular formula is C59H73F5N10O8. The summed E-state index contributed by atoms with van der Waals surface area (Å²) in [5.41, 5.74) is 3.04. The lowest BCUT2D eigenvalue weighted by Crippen LogP contribution is -2.58. The monoisotopic (exact) mass is 1140 g/mol. The van der Waals surface area contributed by atoms with Gasteiger partial charge in [0.15, 0.2) is 11.6 Å². The Morgan fingerprint density at radius 2 is 1.29 bits per heavy atom. The van der Waals surface area contributed by atoms with Crippen molar-refractivity contribution in [3.05, 3.63) is 100 Å². The topological polar surface area (TPSA) is 186 Å². The Hall–Kier alpha value is -7.14. The van der Waals surface area contributed by atoms with Gasteiger partial charge in [-0.15, -0.1) is 0 Å². The molecule has 18 nitrogen and oxygen atoms in total. The molecular weight excluding hydrogens is 1070 g/mol.